The highest BCUT2D eigenvalue weighted by atomic mass is 32.1. The third-order valence-corrected chi connectivity index (χ3v) is 3.21. The van der Waals surface area contributed by atoms with E-state index in [1.807, 2.05) is 0 Å². The van der Waals surface area contributed by atoms with Gasteiger partial charge in [0.15, 0.2) is 5.11 Å². The first kappa shape index (κ1) is 17.0. The number of nitrogens with one attached hydrogen (secondary N) is 2. The van der Waals surface area contributed by atoms with Crippen LogP contribution in [0.15, 0.2) is 18.2 Å². The number of anilines is 1. The Labute approximate surface area is 129 Å². The first-order valence-electron chi connectivity index (χ1n) is 6.80. The Kier molecular flexibility index (Phi) is 6.74. The van der Waals surface area contributed by atoms with E-state index in [-0.39, 0.29) is 16.7 Å². The fraction of sp³-hybridized carbons (Fsp3) is 0.429. The van der Waals surface area contributed by atoms with E-state index >= 15 is 0 Å². The monoisotopic (exact) mass is 309 g/mol. The lowest BCUT2D eigenvalue weighted by Crippen LogP contribution is -2.34. The quantitative estimate of drug-likeness (QED) is 0.364. The fourth-order valence-corrected chi connectivity index (χ4v) is 2.06. The van der Waals surface area contributed by atoms with Crippen LogP contribution in [0.25, 0.3) is 0 Å². The van der Waals surface area contributed by atoms with Crippen LogP contribution in [0.3, 0.4) is 0 Å². The van der Waals surface area contributed by atoms with Crippen molar-refractivity contribution in [2.24, 2.45) is 0 Å². The number of nitrogens with zero attached hydrogens (tertiary/aromatic N) is 1. The van der Waals surface area contributed by atoms with E-state index in [0.29, 0.717) is 17.7 Å². The van der Waals surface area contributed by atoms with Gasteiger partial charge in [0.2, 0.25) is 5.91 Å². The number of carbonyl (C=O) groups is 1. The predicted octanol–water partition coefficient (Wildman–Crippen LogP) is 3.30. The normalized spacial score (nSPS) is 10.0. The number of unbranched alkanes of at least 4 members (excludes halogenated alkanes) is 2. The van der Waals surface area contributed by atoms with Crippen molar-refractivity contribution in [2.75, 3.05) is 5.32 Å². The maximum absolute atomic E-state index is 11.6. The summed E-state index contributed by atoms with van der Waals surface area (Å²) in [7, 11) is 0. The molecule has 1 aromatic rings. The van der Waals surface area contributed by atoms with Gasteiger partial charge in [-0.2, -0.15) is 0 Å². The molecule has 0 heterocycles. The number of benzene rings is 1. The van der Waals surface area contributed by atoms with Crippen LogP contribution >= 0.6 is 12.2 Å². The second-order valence-corrected chi connectivity index (χ2v) is 5.07. The van der Waals surface area contributed by atoms with Gasteiger partial charge in [0.25, 0.3) is 5.69 Å². The molecule has 0 aliphatic rings. The van der Waals surface area contributed by atoms with E-state index in [2.05, 4.69) is 17.6 Å². The first-order valence-corrected chi connectivity index (χ1v) is 7.21. The molecule has 1 amide bonds. The van der Waals surface area contributed by atoms with Crippen molar-refractivity contribution in [3.8, 4) is 0 Å². The first-order chi connectivity index (χ1) is 9.95. The van der Waals surface area contributed by atoms with Gasteiger partial charge in [0.05, 0.1) is 16.2 Å². The molecule has 1 aromatic carbocycles. The number of rotatable bonds is 6. The third-order valence-electron chi connectivity index (χ3n) is 3.01. The lowest BCUT2D eigenvalue weighted by Gasteiger charge is -2.11. The van der Waals surface area contributed by atoms with Crippen LogP contribution in [0.5, 0.6) is 0 Å². The number of hydrogen-bond acceptors (Lipinski definition) is 4. The summed E-state index contributed by atoms with van der Waals surface area (Å²) in [6, 6.07) is 4.67. The SMILES string of the molecule is CCCCCC(=O)NC(=S)Nc1cccc([N+](=O)[O-])c1C. The molecular formula is C14H19N3O3S. The number of hydrogen-bond donors (Lipinski definition) is 2. The molecule has 114 valence electrons. The van der Waals surface area contributed by atoms with E-state index in [1.165, 1.54) is 6.07 Å². The van der Waals surface area contributed by atoms with Crippen LogP contribution in [-0.4, -0.2) is 15.9 Å². The minimum absolute atomic E-state index is 0.0112. The summed E-state index contributed by atoms with van der Waals surface area (Å²) in [6.07, 6.45) is 3.28. The van der Waals surface area contributed by atoms with Crippen molar-refractivity contribution < 1.29 is 9.72 Å². The van der Waals surface area contributed by atoms with Crippen LogP contribution < -0.4 is 10.6 Å². The van der Waals surface area contributed by atoms with Gasteiger partial charge in [-0.05, 0) is 31.6 Å². The van der Waals surface area contributed by atoms with E-state index in [1.54, 1.807) is 19.1 Å². The topological polar surface area (TPSA) is 84.3 Å². The summed E-state index contributed by atoms with van der Waals surface area (Å²) in [4.78, 5) is 22.0. The summed E-state index contributed by atoms with van der Waals surface area (Å²) in [5.41, 5.74) is 1.00. The fourth-order valence-electron chi connectivity index (χ4n) is 1.83. The summed E-state index contributed by atoms with van der Waals surface area (Å²) in [5, 5.41) is 16.4. The van der Waals surface area contributed by atoms with Crippen LogP contribution in [0.2, 0.25) is 0 Å². The smallest absolute Gasteiger partial charge is 0.274 e. The molecule has 0 bridgehead atoms. The van der Waals surface area contributed by atoms with Gasteiger partial charge in [-0.25, -0.2) is 0 Å². The minimum atomic E-state index is -0.451. The second-order valence-electron chi connectivity index (χ2n) is 4.67. The molecule has 0 saturated carbocycles. The average Bonchev–Trinajstić information content (AvgIpc) is 2.41. The minimum Gasteiger partial charge on any atom is -0.332 e. The molecule has 7 heteroatoms. The Bertz CT molecular complexity index is 546. The van der Waals surface area contributed by atoms with Crippen molar-refractivity contribution in [1.82, 2.24) is 5.32 Å². The lowest BCUT2D eigenvalue weighted by molar-refractivity contribution is -0.385. The Morgan fingerprint density at radius 2 is 2.10 bits per heavy atom. The molecule has 0 aliphatic carbocycles. The number of nitro benzene ring substituents is 1. The largest absolute Gasteiger partial charge is 0.332 e. The number of thiocarbonyl (C=S) groups is 1. The molecule has 0 saturated heterocycles. The van der Waals surface area contributed by atoms with Gasteiger partial charge in [0.1, 0.15) is 0 Å². The molecule has 0 radical (unpaired) electrons. The van der Waals surface area contributed by atoms with Crippen molar-refractivity contribution in [3.05, 3.63) is 33.9 Å². The molecule has 0 fully saturated rings. The molecule has 0 atom stereocenters. The average molecular weight is 309 g/mol. The van der Waals surface area contributed by atoms with Crippen molar-refractivity contribution in [2.45, 2.75) is 39.5 Å². The van der Waals surface area contributed by atoms with Gasteiger partial charge >= 0.3 is 0 Å². The molecule has 21 heavy (non-hydrogen) atoms. The van der Waals surface area contributed by atoms with Gasteiger partial charge < -0.3 is 10.6 Å². The molecule has 0 aromatic heterocycles. The zero-order valence-corrected chi connectivity index (χ0v) is 13.0. The second kappa shape index (κ2) is 8.31. The third kappa shape index (κ3) is 5.47. The number of nitro groups is 1. The highest BCUT2D eigenvalue weighted by Crippen LogP contribution is 2.24. The van der Waals surface area contributed by atoms with E-state index in [0.717, 1.165) is 19.3 Å². The highest BCUT2D eigenvalue weighted by molar-refractivity contribution is 7.80. The van der Waals surface area contributed by atoms with Crippen LogP contribution in [0, 0.1) is 17.0 Å². The summed E-state index contributed by atoms with van der Waals surface area (Å²) in [5.74, 6) is -0.149. The molecular weight excluding hydrogens is 290 g/mol. The van der Waals surface area contributed by atoms with Gasteiger partial charge in [-0.1, -0.05) is 25.8 Å². The molecule has 2 N–H and O–H groups in total. The standard InChI is InChI=1S/C14H19N3O3S/c1-3-4-5-9-13(18)16-14(21)15-11-7-6-8-12(10(11)2)17(19)20/h6-8H,3-5,9H2,1-2H3,(H2,15,16,18,21). The highest BCUT2D eigenvalue weighted by Gasteiger charge is 2.14. The Balaban J connectivity index is 2.61. The maximum Gasteiger partial charge on any atom is 0.274 e. The van der Waals surface area contributed by atoms with E-state index in [9.17, 15) is 14.9 Å². The maximum atomic E-state index is 11.6. The number of carbonyl (C=O) groups excluding carboxylic acids is 1. The van der Waals surface area contributed by atoms with Gasteiger partial charge in [-0.3, -0.25) is 14.9 Å². The summed E-state index contributed by atoms with van der Waals surface area (Å²) < 4.78 is 0. The zero-order valence-electron chi connectivity index (χ0n) is 12.1. The van der Waals surface area contributed by atoms with Crippen LogP contribution in [-0.2, 0) is 4.79 Å². The van der Waals surface area contributed by atoms with Crippen LogP contribution in [0.4, 0.5) is 11.4 Å². The molecule has 0 unspecified atom stereocenters. The Morgan fingerprint density at radius 1 is 1.38 bits per heavy atom. The number of amides is 1. The molecule has 0 spiro atoms. The van der Waals surface area contributed by atoms with Gasteiger partial charge in [0, 0.05) is 12.5 Å². The van der Waals surface area contributed by atoms with Crippen molar-refractivity contribution in [1.29, 1.82) is 0 Å². The van der Waals surface area contributed by atoms with Crippen LogP contribution in [0.1, 0.15) is 38.2 Å². The predicted molar refractivity (Wildman–Crippen MR) is 86.3 cm³/mol. The Hall–Kier alpha value is -2.02. The zero-order chi connectivity index (χ0) is 15.8. The summed E-state index contributed by atoms with van der Waals surface area (Å²) in [6.45, 7) is 3.70. The lowest BCUT2D eigenvalue weighted by atomic mass is 10.1. The van der Waals surface area contributed by atoms with Gasteiger partial charge in [-0.15, -0.1) is 0 Å². The molecule has 1 rings (SSSR count). The molecule has 6 nitrogen and oxygen atoms in total. The van der Waals surface area contributed by atoms with Crippen molar-refractivity contribution >= 4 is 34.6 Å². The molecule has 0 aliphatic heterocycles. The summed E-state index contributed by atoms with van der Waals surface area (Å²) >= 11 is 5.05. The Morgan fingerprint density at radius 3 is 2.71 bits per heavy atom. The van der Waals surface area contributed by atoms with E-state index < -0.39 is 4.92 Å². The van der Waals surface area contributed by atoms with E-state index in [4.69, 9.17) is 12.2 Å². The van der Waals surface area contributed by atoms with Crippen molar-refractivity contribution in [3.63, 3.8) is 0 Å².